The van der Waals surface area contributed by atoms with E-state index in [9.17, 15) is 0 Å². The molecule has 1 aromatic heterocycles. The molecule has 1 fully saturated rings. The number of hydrogen-bond donors (Lipinski definition) is 2. The summed E-state index contributed by atoms with van der Waals surface area (Å²) >= 11 is 1.72. The van der Waals surface area contributed by atoms with Gasteiger partial charge in [0, 0.05) is 31.6 Å². The molecule has 0 bridgehead atoms. The molecule has 1 aromatic rings. The summed E-state index contributed by atoms with van der Waals surface area (Å²) in [6, 6.07) is 0.613. The average molecular weight is 494 g/mol. The first kappa shape index (κ1) is 23.6. The Hall–Kier alpha value is -0.410. The second-order valence-electron chi connectivity index (χ2n) is 7.67. The summed E-state index contributed by atoms with van der Waals surface area (Å²) in [5, 5.41) is 10.2. The van der Waals surface area contributed by atoms with Crippen molar-refractivity contribution in [2.75, 3.05) is 26.7 Å². The molecule has 5 nitrogen and oxygen atoms in total. The fourth-order valence-corrected chi connectivity index (χ4v) is 4.16. The highest BCUT2D eigenvalue weighted by Gasteiger charge is 2.22. The molecule has 1 aliphatic rings. The Morgan fingerprint density at radius 3 is 2.69 bits per heavy atom. The van der Waals surface area contributed by atoms with Crippen molar-refractivity contribution in [3.63, 3.8) is 0 Å². The van der Waals surface area contributed by atoms with Crippen molar-refractivity contribution in [3.8, 4) is 0 Å². The van der Waals surface area contributed by atoms with E-state index in [1.165, 1.54) is 38.0 Å². The number of hydrogen-bond acceptors (Lipinski definition) is 4. The molecule has 0 aliphatic carbocycles. The van der Waals surface area contributed by atoms with Gasteiger partial charge in [0.1, 0.15) is 5.01 Å². The Bertz CT molecular complexity index is 544. The topological polar surface area (TPSA) is 52.6 Å². The van der Waals surface area contributed by atoms with Crippen molar-refractivity contribution >= 4 is 41.3 Å². The fourth-order valence-electron chi connectivity index (χ4n) is 3.27. The van der Waals surface area contributed by atoms with Crippen LogP contribution < -0.4 is 10.6 Å². The Kier molecular flexibility index (Phi) is 11.0. The molecule has 1 aliphatic heterocycles. The third-order valence-electron chi connectivity index (χ3n) is 4.65. The largest absolute Gasteiger partial charge is 0.355 e. The lowest BCUT2D eigenvalue weighted by atomic mass is 10.0. The zero-order valence-corrected chi connectivity index (χ0v) is 20.1. The standard InChI is InChI=1S/C19H35N5S.HI/c1-14(2)12-24-9-7-6-8-16(24)10-21-19(20-5)22-11-18-23-17(13-25-18)15(3)4;/h13-16H,6-12H2,1-5H3,(H2,20,21,22);1H. The number of aromatic nitrogens is 1. The Morgan fingerprint density at radius 2 is 2.08 bits per heavy atom. The minimum absolute atomic E-state index is 0. The van der Waals surface area contributed by atoms with Crippen molar-refractivity contribution in [1.29, 1.82) is 0 Å². The molecule has 0 radical (unpaired) electrons. The van der Waals surface area contributed by atoms with Gasteiger partial charge in [-0.15, -0.1) is 35.3 Å². The van der Waals surface area contributed by atoms with Gasteiger partial charge in [0.15, 0.2) is 5.96 Å². The van der Waals surface area contributed by atoms with E-state index in [0.717, 1.165) is 30.0 Å². The number of likely N-dealkylation sites (tertiary alicyclic amines) is 1. The molecule has 0 saturated carbocycles. The van der Waals surface area contributed by atoms with Gasteiger partial charge >= 0.3 is 0 Å². The zero-order valence-electron chi connectivity index (χ0n) is 16.9. The van der Waals surface area contributed by atoms with Gasteiger partial charge < -0.3 is 10.6 Å². The van der Waals surface area contributed by atoms with E-state index in [0.29, 0.717) is 12.0 Å². The van der Waals surface area contributed by atoms with Gasteiger partial charge in [-0.3, -0.25) is 9.89 Å². The molecule has 1 saturated heterocycles. The summed E-state index contributed by atoms with van der Waals surface area (Å²) in [5.41, 5.74) is 1.18. The quantitative estimate of drug-likeness (QED) is 0.342. The smallest absolute Gasteiger partial charge is 0.191 e. The van der Waals surface area contributed by atoms with Crippen LogP contribution in [0.2, 0.25) is 0 Å². The van der Waals surface area contributed by atoms with E-state index in [4.69, 9.17) is 0 Å². The summed E-state index contributed by atoms with van der Waals surface area (Å²) in [5.74, 6) is 2.08. The SMILES string of the molecule is CN=C(NCc1nc(C(C)C)cs1)NCC1CCCCN1CC(C)C.I. The van der Waals surface area contributed by atoms with Crippen molar-refractivity contribution in [3.05, 3.63) is 16.1 Å². The highest BCUT2D eigenvalue weighted by atomic mass is 127. The average Bonchev–Trinajstić information content (AvgIpc) is 3.05. The van der Waals surface area contributed by atoms with Crippen molar-refractivity contribution in [2.24, 2.45) is 10.9 Å². The molecule has 1 atom stereocenters. The first-order chi connectivity index (χ1) is 12.0. The Balaban J connectivity index is 0.00000338. The lowest BCUT2D eigenvalue weighted by Gasteiger charge is -2.37. The molecule has 0 spiro atoms. The van der Waals surface area contributed by atoms with E-state index in [-0.39, 0.29) is 24.0 Å². The number of piperidine rings is 1. The van der Waals surface area contributed by atoms with E-state index in [1.54, 1.807) is 11.3 Å². The van der Waals surface area contributed by atoms with Gasteiger partial charge in [-0.1, -0.05) is 34.1 Å². The molecule has 2 N–H and O–H groups in total. The minimum Gasteiger partial charge on any atom is -0.355 e. The molecule has 2 rings (SSSR count). The summed E-state index contributed by atoms with van der Waals surface area (Å²) in [4.78, 5) is 11.7. The van der Waals surface area contributed by atoms with E-state index < -0.39 is 0 Å². The summed E-state index contributed by atoms with van der Waals surface area (Å²) in [7, 11) is 1.84. The number of thiazole rings is 1. The second kappa shape index (κ2) is 12.1. The van der Waals surface area contributed by atoms with Crippen LogP contribution in [-0.4, -0.2) is 48.6 Å². The maximum atomic E-state index is 4.68. The van der Waals surface area contributed by atoms with Gasteiger partial charge in [-0.2, -0.15) is 0 Å². The Labute approximate surface area is 180 Å². The lowest BCUT2D eigenvalue weighted by molar-refractivity contribution is 0.133. The molecule has 7 heteroatoms. The van der Waals surface area contributed by atoms with Crippen LogP contribution >= 0.6 is 35.3 Å². The number of rotatable bonds is 7. The summed E-state index contributed by atoms with van der Waals surface area (Å²) in [6.45, 7) is 13.1. The number of aliphatic imine (C=N–C) groups is 1. The molecular weight excluding hydrogens is 457 g/mol. The van der Waals surface area contributed by atoms with Crippen LogP contribution in [0, 0.1) is 5.92 Å². The minimum atomic E-state index is 0. The molecule has 1 unspecified atom stereocenters. The fraction of sp³-hybridized carbons (Fsp3) is 0.789. The third kappa shape index (κ3) is 7.68. The number of nitrogens with one attached hydrogen (secondary N) is 2. The molecular formula is C19H36IN5S. The van der Waals surface area contributed by atoms with E-state index in [2.05, 4.69) is 58.6 Å². The molecule has 0 aromatic carbocycles. The molecule has 26 heavy (non-hydrogen) atoms. The van der Waals surface area contributed by atoms with Gasteiger partial charge in [-0.25, -0.2) is 4.98 Å². The first-order valence-corrected chi connectivity index (χ1v) is 10.5. The first-order valence-electron chi connectivity index (χ1n) is 9.62. The van der Waals surface area contributed by atoms with Crippen LogP contribution in [0.5, 0.6) is 0 Å². The third-order valence-corrected chi connectivity index (χ3v) is 5.51. The molecule has 0 amide bonds. The van der Waals surface area contributed by atoms with Crippen LogP contribution in [0.4, 0.5) is 0 Å². The van der Waals surface area contributed by atoms with Crippen molar-refractivity contribution in [2.45, 2.75) is 65.5 Å². The van der Waals surface area contributed by atoms with Crippen LogP contribution in [0.1, 0.15) is 63.6 Å². The van der Waals surface area contributed by atoms with Crippen molar-refractivity contribution < 1.29 is 0 Å². The Morgan fingerprint density at radius 1 is 1.31 bits per heavy atom. The summed E-state index contributed by atoms with van der Waals surface area (Å²) < 4.78 is 0. The number of nitrogens with zero attached hydrogens (tertiary/aromatic N) is 3. The maximum absolute atomic E-state index is 4.68. The van der Waals surface area contributed by atoms with Gasteiger partial charge in [-0.05, 0) is 31.2 Å². The zero-order chi connectivity index (χ0) is 18.2. The molecule has 150 valence electrons. The van der Waals surface area contributed by atoms with Gasteiger partial charge in [0.2, 0.25) is 0 Å². The number of halogens is 1. The van der Waals surface area contributed by atoms with Crippen LogP contribution in [0.15, 0.2) is 10.4 Å². The van der Waals surface area contributed by atoms with Crippen LogP contribution in [0.25, 0.3) is 0 Å². The predicted octanol–water partition coefficient (Wildman–Crippen LogP) is 4.06. The van der Waals surface area contributed by atoms with Crippen LogP contribution in [-0.2, 0) is 6.54 Å². The summed E-state index contributed by atoms with van der Waals surface area (Å²) in [6.07, 6.45) is 3.95. The highest BCUT2D eigenvalue weighted by Crippen LogP contribution is 2.18. The maximum Gasteiger partial charge on any atom is 0.191 e. The normalized spacial score (nSPS) is 18.9. The highest BCUT2D eigenvalue weighted by molar-refractivity contribution is 14.0. The van der Waals surface area contributed by atoms with E-state index >= 15 is 0 Å². The van der Waals surface area contributed by atoms with Crippen LogP contribution in [0.3, 0.4) is 0 Å². The lowest BCUT2D eigenvalue weighted by Crippen LogP contribution is -2.49. The predicted molar refractivity (Wildman–Crippen MR) is 124 cm³/mol. The molecule has 2 heterocycles. The second-order valence-corrected chi connectivity index (χ2v) is 8.61. The monoisotopic (exact) mass is 493 g/mol. The van der Waals surface area contributed by atoms with Gasteiger partial charge in [0.25, 0.3) is 0 Å². The van der Waals surface area contributed by atoms with Gasteiger partial charge in [0.05, 0.1) is 12.2 Å². The van der Waals surface area contributed by atoms with Crippen molar-refractivity contribution in [1.82, 2.24) is 20.5 Å². The number of guanidine groups is 1. The van der Waals surface area contributed by atoms with E-state index in [1.807, 2.05) is 7.05 Å².